The first kappa shape index (κ1) is 13.7. The number of benzene rings is 1. The monoisotopic (exact) mass is 343 g/mol. The third-order valence-corrected chi connectivity index (χ3v) is 3.98. The maximum atomic E-state index is 13.1. The number of amides is 1. The maximum absolute atomic E-state index is 13.1. The van der Waals surface area contributed by atoms with Crippen molar-refractivity contribution >= 4 is 44.8 Å². The fraction of sp³-hybridized carbons (Fsp3) is 0. The van der Waals surface area contributed by atoms with E-state index >= 15 is 0 Å². The van der Waals surface area contributed by atoms with E-state index < -0.39 is 17.7 Å². The van der Waals surface area contributed by atoms with Crippen molar-refractivity contribution < 1.29 is 19.1 Å². The molecule has 0 aliphatic heterocycles. The summed E-state index contributed by atoms with van der Waals surface area (Å²) in [6.07, 6.45) is 0. The van der Waals surface area contributed by atoms with E-state index in [1.807, 2.05) is 0 Å². The lowest BCUT2D eigenvalue weighted by atomic mass is 10.3. The first-order chi connectivity index (χ1) is 8.97. The van der Waals surface area contributed by atoms with Gasteiger partial charge in [0.2, 0.25) is 0 Å². The second kappa shape index (κ2) is 5.50. The molecule has 0 unspecified atom stereocenters. The number of thiophene rings is 1. The maximum Gasteiger partial charge on any atom is 0.345 e. The molecule has 0 fully saturated rings. The molecule has 2 rings (SSSR count). The third-order valence-electron chi connectivity index (χ3n) is 2.22. The number of hydrogen-bond donors (Lipinski definition) is 2. The quantitative estimate of drug-likeness (QED) is 0.894. The number of carbonyl (C=O) groups is 2. The van der Waals surface area contributed by atoms with Crippen LogP contribution in [0.25, 0.3) is 0 Å². The van der Waals surface area contributed by atoms with Crippen LogP contribution in [0.4, 0.5) is 10.1 Å². The number of rotatable bonds is 3. The van der Waals surface area contributed by atoms with Crippen LogP contribution >= 0.6 is 27.3 Å². The van der Waals surface area contributed by atoms with Gasteiger partial charge in [0.25, 0.3) is 5.91 Å². The van der Waals surface area contributed by atoms with E-state index in [1.54, 1.807) is 0 Å². The second-order valence-electron chi connectivity index (χ2n) is 3.55. The highest BCUT2D eigenvalue weighted by molar-refractivity contribution is 9.10. The van der Waals surface area contributed by atoms with Crippen molar-refractivity contribution in [3.63, 3.8) is 0 Å². The van der Waals surface area contributed by atoms with E-state index in [0.717, 1.165) is 11.3 Å². The van der Waals surface area contributed by atoms with Crippen molar-refractivity contribution in [1.82, 2.24) is 0 Å². The summed E-state index contributed by atoms with van der Waals surface area (Å²) >= 11 is 4.05. The smallest absolute Gasteiger partial charge is 0.345 e. The Morgan fingerprint density at radius 2 is 1.89 bits per heavy atom. The molecule has 0 atom stereocenters. The van der Waals surface area contributed by atoms with E-state index in [2.05, 4.69) is 21.2 Å². The topological polar surface area (TPSA) is 66.4 Å². The van der Waals surface area contributed by atoms with Crippen molar-refractivity contribution in [3.8, 4) is 0 Å². The molecule has 0 aliphatic carbocycles. The molecule has 1 heterocycles. The van der Waals surface area contributed by atoms with Gasteiger partial charge in [0.15, 0.2) is 0 Å². The van der Waals surface area contributed by atoms with E-state index in [9.17, 15) is 14.0 Å². The average molecular weight is 344 g/mol. The first-order valence-corrected chi connectivity index (χ1v) is 6.68. The van der Waals surface area contributed by atoms with Crippen LogP contribution in [-0.4, -0.2) is 17.0 Å². The number of halogens is 2. The normalized spacial score (nSPS) is 10.2. The third kappa shape index (κ3) is 3.18. The summed E-state index contributed by atoms with van der Waals surface area (Å²) in [6.45, 7) is 0. The minimum absolute atomic E-state index is 0.0726. The predicted molar refractivity (Wildman–Crippen MR) is 73.3 cm³/mol. The van der Waals surface area contributed by atoms with Crippen LogP contribution in [0.1, 0.15) is 19.3 Å². The number of hydrogen-bond acceptors (Lipinski definition) is 3. The van der Waals surface area contributed by atoms with Crippen LogP contribution in [0, 0.1) is 5.82 Å². The molecule has 2 N–H and O–H groups in total. The minimum atomic E-state index is -1.09. The molecule has 0 saturated carbocycles. The fourth-order valence-corrected chi connectivity index (χ4v) is 2.44. The van der Waals surface area contributed by atoms with Gasteiger partial charge in [-0.2, -0.15) is 0 Å². The lowest BCUT2D eigenvalue weighted by Crippen LogP contribution is -2.10. The molecule has 1 aromatic heterocycles. The molecule has 1 aromatic carbocycles. The Bertz CT molecular complexity index is 656. The van der Waals surface area contributed by atoms with E-state index in [-0.39, 0.29) is 15.4 Å². The molecule has 0 aliphatic rings. The van der Waals surface area contributed by atoms with Gasteiger partial charge in [-0.1, -0.05) is 0 Å². The standard InChI is InChI=1S/C12H7BrFNO3S/c13-7-2-1-6(14)5-8(7)15-11(16)9-3-4-10(19-9)12(17)18/h1-5H,(H,15,16)(H,17,18). The average Bonchev–Trinajstić information content (AvgIpc) is 2.83. The molecule has 0 spiro atoms. The number of carbonyl (C=O) groups excluding carboxylic acids is 1. The van der Waals surface area contributed by atoms with Gasteiger partial charge in [0, 0.05) is 4.47 Å². The number of aromatic carboxylic acids is 1. The van der Waals surface area contributed by atoms with Crippen molar-refractivity contribution in [3.05, 3.63) is 50.4 Å². The highest BCUT2D eigenvalue weighted by Gasteiger charge is 2.14. The molecule has 98 valence electrons. The van der Waals surface area contributed by atoms with E-state index in [0.29, 0.717) is 4.47 Å². The zero-order valence-electron chi connectivity index (χ0n) is 9.31. The molecular weight excluding hydrogens is 337 g/mol. The Kier molecular flexibility index (Phi) is 3.96. The molecular formula is C12H7BrFNO3S. The van der Waals surface area contributed by atoms with E-state index in [1.165, 1.54) is 30.3 Å². The lowest BCUT2D eigenvalue weighted by molar-refractivity contribution is 0.0702. The summed E-state index contributed by atoms with van der Waals surface area (Å²) in [5, 5.41) is 11.3. The summed E-state index contributed by atoms with van der Waals surface area (Å²) in [4.78, 5) is 22.9. The summed E-state index contributed by atoms with van der Waals surface area (Å²) in [5.41, 5.74) is 0.287. The molecule has 0 saturated heterocycles. The van der Waals surface area contributed by atoms with Crippen molar-refractivity contribution in [2.75, 3.05) is 5.32 Å². The fourth-order valence-electron chi connectivity index (χ4n) is 1.35. The molecule has 1 amide bonds. The summed E-state index contributed by atoms with van der Waals surface area (Å²) in [6, 6.07) is 6.67. The number of carboxylic acid groups (broad SMARTS) is 1. The van der Waals surface area contributed by atoms with Gasteiger partial charge in [-0.05, 0) is 46.3 Å². The number of anilines is 1. The Hall–Kier alpha value is -1.73. The van der Waals surface area contributed by atoms with Gasteiger partial charge in [-0.3, -0.25) is 4.79 Å². The van der Waals surface area contributed by atoms with Gasteiger partial charge in [-0.25, -0.2) is 9.18 Å². The molecule has 2 aromatic rings. The second-order valence-corrected chi connectivity index (χ2v) is 5.49. The molecule has 19 heavy (non-hydrogen) atoms. The highest BCUT2D eigenvalue weighted by atomic mass is 79.9. The zero-order chi connectivity index (χ0) is 14.0. The Morgan fingerprint density at radius 1 is 1.21 bits per heavy atom. The summed E-state index contributed by atoms with van der Waals surface area (Å²) < 4.78 is 13.6. The lowest BCUT2D eigenvalue weighted by Gasteiger charge is -2.05. The number of carboxylic acids is 1. The van der Waals surface area contributed by atoms with Crippen LogP contribution in [0.2, 0.25) is 0 Å². The van der Waals surface area contributed by atoms with Crippen LogP contribution in [0.15, 0.2) is 34.8 Å². The SMILES string of the molecule is O=C(O)c1ccc(C(=O)Nc2cc(F)ccc2Br)s1. The van der Waals surface area contributed by atoms with Crippen LogP contribution in [0.5, 0.6) is 0 Å². The molecule has 4 nitrogen and oxygen atoms in total. The Labute approximate surface area is 120 Å². The van der Waals surface area contributed by atoms with Gasteiger partial charge < -0.3 is 10.4 Å². The highest BCUT2D eigenvalue weighted by Crippen LogP contribution is 2.25. The molecule has 0 bridgehead atoms. The number of nitrogens with one attached hydrogen (secondary N) is 1. The van der Waals surface area contributed by atoms with Gasteiger partial charge in [0.05, 0.1) is 10.6 Å². The van der Waals surface area contributed by atoms with Crippen molar-refractivity contribution in [2.45, 2.75) is 0 Å². The Morgan fingerprint density at radius 3 is 2.53 bits per heavy atom. The zero-order valence-corrected chi connectivity index (χ0v) is 11.7. The molecule has 7 heteroatoms. The van der Waals surface area contributed by atoms with Gasteiger partial charge in [0.1, 0.15) is 10.7 Å². The summed E-state index contributed by atoms with van der Waals surface area (Å²) in [7, 11) is 0. The van der Waals surface area contributed by atoms with Crippen LogP contribution in [-0.2, 0) is 0 Å². The van der Waals surface area contributed by atoms with E-state index in [4.69, 9.17) is 5.11 Å². The largest absolute Gasteiger partial charge is 0.477 e. The minimum Gasteiger partial charge on any atom is -0.477 e. The summed E-state index contributed by atoms with van der Waals surface area (Å²) in [5.74, 6) is -2.05. The predicted octanol–water partition coefficient (Wildman–Crippen LogP) is 3.60. The van der Waals surface area contributed by atoms with Crippen molar-refractivity contribution in [1.29, 1.82) is 0 Å². The Balaban J connectivity index is 2.20. The van der Waals surface area contributed by atoms with Crippen molar-refractivity contribution in [2.24, 2.45) is 0 Å². The molecule has 0 radical (unpaired) electrons. The van der Waals surface area contributed by atoms with Gasteiger partial charge >= 0.3 is 5.97 Å². The van der Waals surface area contributed by atoms with Crippen LogP contribution in [0.3, 0.4) is 0 Å². The van der Waals surface area contributed by atoms with Gasteiger partial charge in [-0.15, -0.1) is 11.3 Å². The van der Waals surface area contributed by atoms with Crippen LogP contribution < -0.4 is 5.32 Å². The first-order valence-electron chi connectivity index (χ1n) is 5.07.